The Kier molecular flexibility index (Phi) is 16.4. The van der Waals surface area contributed by atoms with Gasteiger partial charge in [0.1, 0.15) is 11.6 Å². The number of benzene rings is 2. The Balaban J connectivity index is 1.28. The Labute approximate surface area is 246 Å². The highest BCUT2D eigenvalue weighted by Gasteiger charge is 2.21. The van der Waals surface area contributed by atoms with Crippen LogP contribution >= 0.6 is 0 Å². The second-order valence-electron chi connectivity index (χ2n) is 12.7. The maximum atomic E-state index is 15.0. The van der Waals surface area contributed by atoms with Crippen molar-refractivity contribution in [2.24, 2.45) is 11.8 Å². The first-order chi connectivity index (χ1) is 19.7. The van der Waals surface area contributed by atoms with E-state index in [9.17, 15) is 4.39 Å². The van der Waals surface area contributed by atoms with Crippen LogP contribution in [0.1, 0.15) is 148 Å². The first-order valence-electron chi connectivity index (χ1n) is 17.2. The maximum Gasteiger partial charge on any atom is 0.134 e. The Morgan fingerprint density at radius 3 is 1.77 bits per heavy atom. The monoisotopic (exact) mass is 550 g/mol. The summed E-state index contributed by atoms with van der Waals surface area (Å²) in [6.45, 7) is 5.26. The van der Waals surface area contributed by atoms with E-state index in [4.69, 9.17) is 4.74 Å². The molecular formula is C38H59FO. The molecule has 0 aromatic heterocycles. The van der Waals surface area contributed by atoms with Gasteiger partial charge in [-0.1, -0.05) is 147 Å². The number of unbranched alkanes of at least 4 members (excludes halogenated alkanes) is 13. The molecule has 0 N–H and O–H groups in total. The minimum absolute atomic E-state index is 0.190. The number of ether oxygens (including phenoxy) is 1. The van der Waals surface area contributed by atoms with Gasteiger partial charge in [0, 0.05) is 11.6 Å². The minimum Gasteiger partial charge on any atom is -0.493 e. The van der Waals surface area contributed by atoms with Crippen LogP contribution in [0.4, 0.5) is 4.39 Å². The molecule has 0 bridgehead atoms. The molecule has 2 heteroatoms. The molecule has 0 heterocycles. The van der Waals surface area contributed by atoms with E-state index in [-0.39, 0.29) is 5.82 Å². The van der Waals surface area contributed by atoms with Gasteiger partial charge < -0.3 is 4.74 Å². The quantitative estimate of drug-likeness (QED) is 0.140. The number of hydrogen-bond donors (Lipinski definition) is 0. The van der Waals surface area contributed by atoms with Crippen LogP contribution in [0.5, 0.6) is 5.75 Å². The number of hydrogen-bond acceptors (Lipinski definition) is 1. The molecule has 1 nitrogen and oxygen atoms in total. The van der Waals surface area contributed by atoms with Gasteiger partial charge >= 0.3 is 0 Å². The van der Waals surface area contributed by atoms with Crippen molar-refractivity contribution in [2.45, 2.75) is 149 Å². The van der Waals surface area contributed by atoms with Gasteiger partial charge in [0.15, 0.2) is 0 Å². The zero-order chi connectivity index (χ0) is 28.3. The molecule has 2 aromatic carbocycles. The molecule has 3 rings (SSSR count). The maximum absolute atomic E-state index is 15.0. The van der Waals surface area contributed by atoms with Gasteiger partial charge in [-0.25, -0.2) is 4.39 Å². The first-order valence-corrected chi connectivity index (χ1v) is 17.2. The van der Waals surface area contributed by atoms with E-state index >= 15 is 0 Å². The second-order valence-corrected chi connectivity index (χ2v) is 12.7. The van der Waals surface area contributed by atoms with Crippen molar-refractivity contribution < 1.29 is 9.13 Å². The lowest BCUT2D eigenvalue weighted by atomic mass is 9.80. The van der Waals surface area contributed by atoms with Gasteiger partial charge in [-0.05, 0) is 60.8 Å². The van der Waals surface area contributed by atoms with Crippen molar-refractivity contribution in [3.63, 3.8) is 0 Å². The summed E-state index contributed by atoms with van der Waals surface area (Å²) >= 11 is 0. The average Bonchev–Trinajstić information content (AvgIpc) is 2.98. The van der Waals surface area contributed by atoms with E-state index in [2.05, 4.69) is 38.1 Å². The molecule has 1 fully saturated rings. The van der Waals surface area contributed by atoms with Crippen LogP contribution < -0.4 is 4.74 Å². The van der Waals surface area contributed by atoms with Crippen LogP contribution in [0.15, 0.2) is 42.5 Å². The third-order valence-corrected chi connectivity index (χ3v) is 9.19. The molecule has 0 atom stereocenters. The third kappa shape index (κ3) is 12.8. The largest absolute Gasteiger partial charge is 0.493 e. The third-order valence-electron chi connectivity index (χ3n) is 9.19. The fourth-order valence-electron chi connectivity index (χ4n) is 6.42. The van der Waals surface area contributed by atoms with E-state index in [1.54, 1.807) is 6.07 Å². The van der Waals surface area contributed by atoms with Crippen molar-refractivity contribution >= 4 is 0 Å². The molecule has 0 radical (unpaired) electrons. The van der Waals surface area contributed by atoms with Crippen molar-refractivity contribution in [1.82, 2.24) is 0 Å². The molecule has 40 heavy (non-hydrogen) atoms. The van der Waals surface area contributed by atoms with E-state index in [0.717, 1.165) is 24.5 Å². The van der Waals surface area contributed by atoms with Gasteiger partial charge in [0.2, 0.25) is 0 Å². The van der Waals surface area contributed by atoms with E-state index in [1.807, 2.05) is 12.1 Å². The summed E-state index contributed by atoms with van der Waals surface area (Å²) in [5.41, 5.74) is 2.95. The number of rotatable bonds is 21. The molecule has 2 aromatic rings. The van der Waals surface area contributed by atoms with Crippen molar-refractivity contribution in [2.75, 3.05) is 6.61 Å². The fraction of sp³-hybridized carbons (Fsp3) is 0.684. The van der Waals surface area contributed by atoms with Crippen LogP contribution in [0.25, 0.3) is 11.1 Å². The Morgan fingerprint density at radius 2 is 1.18 bits per heavy atom. The van der Waals surface area contributed by atoms with E-state index in [0.29, 0.717) is 17.2 Å². The van der Waals surface area contributed by atoms with Gasteiger partial charge in [-0.3, -0.25) is 0 Å². The predicted molar refractivity (Wildman–Crippen MR) is 172 cm³/mol. The van der Waals surface area contributed by atoms with Crippen molar-refractivity contribution in [3.8, 4) is 16.9 Å². The van der Waals surface area contributed by atoms with Crippen LogP contribution in [0, 0.1) is 17.7 Å². The fourth-order valence-corrected chi connectivity index (χ4v) is 6.42. The lowest BCUT2D eigenvalue weighted by Gasteiger charge is -2.28. The van der Waals surface area contributed by atoms with Crippen LogP contribution in [-0.2, 0) is 6.42 Å². The highest BCUT2D eigenvalue weighted by molar-refractivity contribution is 5.65. The average molecular weight is 551 g/mol. The normalized spacial score (nSPS) is 17.3. The standard InChI is InChI=1S/C38H59FO/c1-3-5-7-9-10-11-12-13-15-17-18-32-20-22-34(23-21-32)31-40-36-28-29-37(38(39)30-36)35-26-24-33(25-27-35)19-16-14-8-6-4-2/h24-30,32,34H,3-23,31H2,1-2H3. The zero-order valence-electron chi connectivity index (χ0n) is 26.0. The Hall–Kier alpha value is -1.83. The molecule has 0 aliphatic heterocycles. The predicted octanol–water partition coefficient (Wildman–Crippen LogP) is 12.5. The van der Waals surface area contributed by atoms with Gasteiger partial charge in [-0.15, -0.1) is 0 Å². The second kappa shape index (κ2) is 20.1. The minimum atomic E-state index is -0.190. The molecular weight excluding hydrogens is 491 g/mol. The molecule has 1 aliphatic carbocycles. The summed E-state index contributed by atoms with van der Waals surface area (Å²) in [6, 6.07) is 13.8. The van der Waals surface area contributed by atoms with Gasteiger partial charge in [-0.2, -0.15) is 0 Å². The Morgan fingerprint density at radius 1 is 0.625 bits per heavy atom. The van der Waals surface area contributed by atoms with E-state index in [1.165, 1.54) is 134 Å². The molecule has 224 valence electrons. The molecule has 1 saturated carbocycles. The number of aryl methyl sites for hydroxylation is 1. The van der Waals surface area contributed by atoms with Gasteiger partial charge in [0.05, 0.1) is 6.61 Å². The summed E-state index contributed by atoms with van der Waals surface area (Å²) in [5.74, 6) is 2.00. The lowest BCUT2D eigenvalue weighted by molar-refractivity contribution is 0.177. The van der Waals surface area contributed by atoms with Crippen LogP contribution in [-0.4, -0.2) is 6.61 Å². The van der Waals surface area contributed by atoms with Crippen molar-refractivity contribution in [3.05, 3.63) is 53.8 Å². The molecule has 0 saturated heterocycles. The van der Waals surface area contributed by atoms with E-state index < -0.39 is 0 Å². The topological polar surface area (TPSA) is 9.23 Å². The Bertz CT molecular complexity index is 896. The molecule has 1 aliphatic rings. The summed E-state index contributed by atoms with van der Waals surface area (Å²) in [5, 5.41) is 0. The summed E-state index contributed by atoms with van der Waals surface area (Å²) in [4.78, 5) is 0. The SMILES string of the molecule is CCCCCCCCCCCCC1CCC(COc2ccc(-c3ccc(CCCCCCC)cc3)c(F)c2)CC1. The lowest BCUT2D eigenvalue weighted by Crippen LogP contribution is -2.20. The first kappa shape index (κ1) is 32.7. The van der Waals surface area contributed by atoms with Crippen LogP contribution in [0.2, 0.25) is 0 Å². The summed E-state index contributed by atoms with van der Waals surface area (Å²) < 4.78 is 21.0. The molecule has 0 spiro atoms. The van der Waals surface area contributed by atoms with Gasteiger partial charge in [0.25, 0.3) is 0 Å². The zero-order valence-corrected chi connectivity index (χ0v) is 26.0. The highest BCUT2D eigenvalue weighted by Crippen LogP contribution is 2.33. The summed E-state index contributed by atoms with van der Waals surface area (Å²) in [7, 11) is 0. The number of halogens is 1. The van der Waals surface area contributed by atoms with Crippen molar-refractivity contribution in [1.29, 1.82) is 0 Å². The molecule has 0 amide bonds. The smallest absolute Gasteiger partial charge is 0.134 e. The van der Waals surface area contributed by atoms with Crippen LogP contribution in [0.3, 0.4) is 0 Å². The highest BCUT2D eigenvalue weighted by atomic mass is 19.1. The molecule has 0 unspecified atom stereocenters. The summed E-state index contributed by atoms with van der Waals surface area (Å²) in [6.07, 6.45) is 28.4.